The smallest absolute Gasteiger partial charge is 0.223 e. The van der Waals surface area contributed by atoms with Crippen LogP contribution in [0.4, 0.5) is 5.82 Å². The second-order valence-electron chi connectivity index (χ2n) is 6.62. The Balaban J connectivity index is 1.69. The number of carbonyl (C=O) groups is 1. The van der Waals surface area contributed by atoms with E-state index in [1.807, 2.05) is 28.9 Å². The van der Waals surface area contributed by atoms with Crippen LogP contribution >= 0.6 is 0 Å². The Morgan fingerprint density at radius 3 is 2.85 bits per heavy atom. The van der Waals surface area contributed by atoms with E-state index in [1.54, 1.807) is 17.3 Å². The number of anilines is 1. The lowest BCUT2D eigenvalue weighted by atomic mass is 10.1. The number of hydrogen-bond acceptors (Lipinski definition) is 6. The summed E-state index contributed by atoms with van der Waals surface area (Å²) < 4.78 is 24.6. The van der Waals surface area contributed by atoms with Gasteiger partial charge in [0, 0.05) is 50.6 Å². The van der Waals surface area contributed by atoms with Gasteiger partial charge in [0.25, 0.3) is 0 Å². The number of hydrogen-bond donors (Lipinski definition) is 1. The van der Waals surface area contributed by atoms with Gasteiger partial charge in [-0.3, -0.25) is 9.48 Å². The molecule has 9 heteroatoms. The third-order valence-electron chi connectivity index (χ3n) is 4.34. The van der Waals surface area contributed by atoms with Crippen molar-refractivity contribution in [1.82, 2.24) is 19.7 Å². The summed E-state index contributed by atoms with van der Waals surface area (Å²) in [5.74, 6) is 0.652. The zero-order chi connectivity index (χ0) is 18.6. The van der Waals surface area contributed by atoms with Gasteiger partial charge in [0.05, 0.1) is 18.0 Å². The number of sulfone groups is 1. The highest BCUT2D eigenvalue weighted by Gasteiger charge is 2.26. The Kier molecular flexibility index (Phi) is 5.55. The molecule has 3 heterocycles. The molecule has 1 aliphatic rings. The van der Waals surface area contributed by atoms with E-state index in [-0.39, 0.29) is 24.0 Å². The van der Waals surface area contributed by atoms with E-state index in [1.165, 1.54) is 0 Å². The first-order chi connectivity index (χ1) is 12.4. The van der Waals surface area contributed by atoms with E-state index >= 15 is 0 Å². The van der Waals surface area contributed by atoms with Crippen molar-refractivity contribution < 1.29 is 13.2 Å². The summed E-state index contributed by atoms with van der Waals surface area (Å²) in [5, 5.41) is 7.64. The minimum atomic E-state index is -3.16. The molecule has 2 aromatic rings. The van der Waals surface area contributed by atoms with Gasteiger partial charge in [0.1, 0.15) is 15.7 Å². The van der Waals surface area contributed by atoms with Gasteiger partial charge in [0.2, 0.25) is 5.91 Å². The molecule has 0 aromatic carbocycles. The molecule has 140 valence electrons. The van der Waals surface area contributed by atoms with Crippen LogP contribution in [-0.4, -0.2) is 59.1 Å². The van der Waals surface area contributed by atoms with Crippen molar-refractivity contribution in [2.75, 3.05) is 30.4 Å². The standard InChI is InChI=1S/C17H23N5O3S/c1-26(24,25)9-6-17(23)21-11-14(10-19-16-4-2-3-7-18-16)12-22-15(13-21)5-8-20-22/h2-5,7-8,14H,6,9-13H2,1H3,(H,18,19). The van der Waals surface area contributed by atoms with Gasteiger partial charge >= 0.3 is 0 Å². The Labute approximate surface area is 153 Å². The van der Waals surface area contributed by atoms with Crippen LogP contribution in [0, 0.1) is 5.92 Å². The molecular formula is C17H23N5O3S. The number of nitrogens with zero attached hydrogens (tertiary/aromatic N) is 4. The van der Waals surface area contributed by atoms with Crippen molar-refractivity contribution in [1.29, 1.82) is 0 Å². The zero-order valence-corrected chi connectivity index (χ0v) is 15.5. The van der Waals surface area contributed by atoms with Gasteiger partial charge in [-0.1, -0.05) is 6.07 Å². The molecule has 0 saturated heterocycles. The normalized spacial score (nSPS) is 17.4. The first-order valence-electron chi connectivity index (χ1n) is 8.52. The lowest BCUT2D eigenvalue weighted by molar-refractivity contribution is -0.131. The highest BCUT2D eigenvalue weighted by Crippen LogP contribution is 2.17. The van der Waals surface area contributed by atoms with Crippen LogP contribution in [0.25, 0.3) is 0 Å². The Hall–Kier alpha value is -2.42. The highest BCUT2D eigenvalue weighted by atomic mass is 32.2. The number of amides is 1. The molecule has 0 saturated carbocycles. The van der Waals surface area contributed by atoms with Crippen molar-refractivity contribution in [2.24, 2.45) is 5.92 Å². The largest absolute Gasteiger partial charge is 0.370 e. The number of aromatic nitrogens is 3. The van der Waals surface area contributed by atoms with Gasteiger partial charge in [-0.15, -0.1) is 0 Å². The SMILES string of the molecule is CS(=O)(=O)CCC(=O)N1Cc2ccnn2CC(CNc2ccccn2)C1. The number of nitrogens with one attached hydrogen (secondary N) is 1. The maximum absolute atomic E-state index is 12.5. The molecule has 3 rings (SSSR count). The Bertz CT molecular complexity index is 850. The second-order valence-corrected chi connectivity index (χ2v) is 8.88. The first-order valence-corrected chi connectivity index (χ1v) is 10.6. The van der Waals surface area contributed by atoms with Crippen LogP contribution in [-0.2, 0) is 27.7 Å². The van der Waals surface area contributed by atoms with E-state index in [9.17, 15) is 13.2 Å². The first kappa shape index (κ1) is 18.4. The summed E-state index contributed by atoms with van der Waals surface area (Å²) >= 11 is 0. The van der Waals surface area contributed by atoms with E-state index in [0.29, 0.717) is 26.2 Å². The number of fused-ring (bicyclic) bond motifs is 1. The lowest BCUT2D eigenvalue weighted by Gasteiger charge is -2.24. The lowest BCUT2D eigenvalue weighted by Crippen LogP contribution is -2.36. The van der Waals surface area contributed by atoms with Gasteiger partial charge < -0.3 is 10.2 Å². The molecule has 1 aliphatic heterocycles. The molecule has 26 heavy (non-hydrogen) atoms. The molecule has 0 fully saturated rings. The zero-order valence-electron chi connectivity index (χ0n) is 14.7. The van der Waals surface area contributed by atoms with E-state index in [2.05, 4.69) is 15.4 Å². The van der Waals surface area contributed by atoms with Gasteiger partial charge in [0.15, 0.2) is 0 Å². The van der Waals surface area contributed by atoms with Crippen LogP contribution in [0.15, 0.2) is 36.7 Å². The van der Waals surface area contributed by atoms with E-state index in [0.717, 1.165) is 17.8 Å². The highest BCUT2D eigenvalue weighted by molar-refractivity contribution is 7.90. The Morgan fingerprint density at radius 1 is 1.27 bits per heavy atom. The summed E-state index contributed by atoms with van der Waals surface area (Å²) in [6, 6.07) is 7.56. The average molecular weight is 377 g/mol. The molecule has 1 unspecified atom stereocenters. The maximum atomic E-state index is 12.5. The van der Waals surface area contributed by atoms with Crippen LogP contribution in [0.2, 0.25) is 0 Å². The minimum Gasteiger partial charge on any atom is -0.370 e. The van der Waals surface area contributed by atoms with Crippen LogP contribution < -0.4 is 5.32 Å². The van der Waals surface area contributed by atoms with Crippen molar-refractivity contribution in [3.05, 3.63) is 42.4 Å². The topological polar surface area (TPSA) is 97.2 Å². The molecule has 0 radical (unpaired) electrons. The summed E-state index contributed by atoms with van der Waals surface area (Å²) in [5.41, 5.74) is 0.957. The number of pyridine rings is 1. The van der Waals surface area contributed by atoms with Gasteiger partial charge in [-0.25, -0.2) is 13.4 Å². The monoisotopic (exact) mass is 377 g/mol. The van der Waals surface area contributed by atoms with Gasteiger partial charge in [-0.05, 0) is 18.2 Å². The Morgan fingerprint density at radius 2 is 2.12 bits per heavy atom. The summed E-state index contributed by atoms with van der Waals surface area (Å²) in [4.78, 5) is 18.5. The van der Waals surface area contributed by atoms with E-state index < -0.39 is 9.84 Å². The average Bonchev–Trinajstić information content (AvgIpc) is 2.96. The minimum absolute atomic E-state index is 0.00730. The predicted molar refractivity (Wildman–Crippen MR) is 98.2 cm³/mol. The fourth-order valence-electron chi connectivity index (χ4n) is 3.00. The molecule has 1 atom stereocenters. The maximum Gasteiger partial charge on any atom is 0.223 e. The summed E-state index contributed by atoms with van der Waals surface area (Å²) in [6.45, 7) is 2.33. The molecule has 0 bridgehead atoms. The molecule has 0 aliphatic carbocycles. The van der Waals surface area contributed by atoms with Crippen molar-refractivity contribution >= 4 is 21.6 Å². The second kappa shape index (κ2) is 7.86. The molecule has 0 spiro atoms. The third kappa shape index (κ3) is 5.04. The van der Waals surface area contributed by atoms with Crippen LogP contribution in [0.3, 0.4) is 0 Å². The predicted octanol–water partition coefficient (Wildman–Crippen LogP) is 0.783. The molecule has 2 aromatic heterocycles. The summed E-state index contributed by atoms with van der Waals surface area (Å²) in [7, 11) is -3.16. The van der Waals surface area contributed by atoms with Crippen molar-refractivity contribution in [3.63, 3.8) is 0 Å². The molecule has 8 nitrogen and oxygen atoms in total. The van der Waals surface area contributed by atoms with E-state index in [4.69, 9.17) is 0 Å². The molecular weight excluding hydrogens is 354 g/mol. The summed E-state index contributed by atoms with van der Waals surface area (Å²) in [6.07, 6.45) is 4.61. The molecule has 1 amide bonds. The number of rotatable bonds is 6. The van der Waals surface area contributed by atoms with Crippen LogP contribution in [0.5, 0.6) is 0 Å². The fourth-order valence-corrected chi connectivity index (χ4v) is 3.54. The molecule has 1 N–H and O–H groups in total. The number of carbonyl (C=O) groups excluding carboxylic acids is 1. The fraction of sp³-hybridized carbons (Fsp3) is 0.471. The van der Waals surface area contributed by atoms with Gasteiger partial charge in [-0.2, -0.15) is 5.10 Å². The quantitative estimate of drug-likeness (QED) is 0.799. The van der Waals surface area contributed by atoms with Crippen molar-refractivity contribution in [3.8, 4) is 0 Å². The third-order valence-corrected chi connectivity index (χ3v) is 5.29. The van der Waals surface area contributed by atoms with Crippen molar-refractivity contribution in [2.45, 2.75) is 19.5 Å². The van der Waals surface area contributed by atoms with Crippen LogP contribution in [0.1, 0.15) is 12.1 Å².